The van der Waals surface area contributed by atoms with Gasteiger partial charge in [-0.2, -0.15) is 0 Å². The van der Waals surface area contributed by atoms with Crippen LogP contribution in [0.25, 0.3) is 0 Å². The highest BCUT2D eigenvalue weighted by Crippen LogP contribution is 2.33. The smallest absolute Gasteiger partial charge is 0.244 e. The molecule has 0 heterocycles. The van der Waals surface area contributed by atoms with Gasteiger partial charge in [-0.3, -0.25) is 9.10 Å². The zero-order valence-electron chi connectivity index (χ0n) is 17.0. The Morgan fingerprint density at radius 3 is 2.14 bits per heavy atom. The number of nitrogens with zero attached hydrogens (tertiary/aromatic N) is 1. The number of carbonyl (C=O) groups is 1. The Kier molecular flexibility index (Phi) is 7.07. The molecule has 2 rings (SSSR count). The first-order chi connectivity index (χ1) is 13.6. The van der Waals surface area contributed by atoms with Crippen LogP contribution in [0.5, 0.6) is 11.5 Å². The summed E-state index contributed by atoms with van der Waals surface area (Å²) in [5, 5.41) is 2.77. The van der Waals surface area contributed by atoms with E-state index in [2.05, 4.69) is 5.32 Å². The molecule has 0 bridgehead atoms. The van der Waals surface area contributed by atoms with Gasteiger partial charge >= 0.3 is 0 Å². The quantitative estimate of drug-likeness (QED) is 0.704. The molecule has 158 valence electrons. The molecule has 0 aromatic heterocycles. The molecule has 0 saturated heterocycles. The highest BCUT2D eigenvalue weighted by Gasteiger charge is 2.30. The molecule has 0 unspecified atom stereocenters. The molecule has 29 heavy (non-hydrogen) atoms. The summed E-state index contributed by atoms with van der Waals surface area (Å²) in [5.41, 5.74) is 0.964. The number of hydrogen-bond donors (Lipinski definition) is 1. The van der Waals surface area contributed by atoms with E-state index in [1.807, 2.05) is 0 Å². The SMILES string of the molecule is COc1ccc(N([C@@H](C)C(=O)N[C@H](C)c2ccc(F)cc2)S(C)(=O)=O)cc1OC. The maximum atomic E-state index is 13.1. The molecule has 0 radical (unpaired) electrons. The lowest BCUT2D eigenvalue weighted by Gasteiger charge is -2.29. The minimum absolute atomic E-state index is 0.266. The highest BCUT2D eigenvalue weighted by atomic mass is 32.2. The molecule has 2 aromatic rings. The molecule has 0 fully saturated rings. The van der Waals surface area contributed by atoms with Crippen molar-refractivity contribution >= 4 is 21.6 Å². The first-order valence-electron chi connectivity index (χ1n) is 8.85. The Hall–Kier alpha value is -2.81. The molecule has 1 amide bonds. The average molecular weight is 424 g/mol. The first kappa shape index (κ1) is 22.5. The summed E-state index contributed by atoms with van der Waals surface area (Å²) in [6.07, 6.45) is 1.02. The molecular formula is C20H25FN2O5S. The van der Waals surface area contributed by atoms with Crippen molar-refractivity contribution in [2.75, 3.05) is 24.8 Å². The van der Waals surface area contributed by atoms with E-state index in [1.165, 1.54) is 45.4 Å². The van der Waals surface area contributed by atoms with Crippen molar-refractivity contribution in [3.05, 3.63) is 53.8 Å². The Bertz CT molecular complexity index is 963. The number of hydrogen-bond acceptors (Lipinski definition) is 5. The van der Waals surface area contributed by atoms with Crippen molar-refractivity contribution in [1.82, 2.24) is 5.32 Å². The minimum Gasteiger partial charge on any atom is -0.493 e. The topological polar surface area (TPSA) is 84.9 Å². The molecule has 0 saturated carbocycles. The van der Waals surface area contributed by atoms with E-state index < -0.39 is 28.0 Å². The van der Waals surface area contributed by atoms with Crippen molar-refractivity contribution in [2.24, 2.45) is 0 Å². The molecule has 9 heteroatoms. The molecule has 7 nitrogen and oxygen atoms in total. The van der Waals surface area contributed by atoms with Gasteiger partial charge in [0.05, 0.1) is 32.2 Å². The second kappa shape index (κ2) is 9.13. The second-order valence-corrected chi connectivity index (χ2v) is 8.42. The number of benzene rings is 2. The van der Waals surface area contributed by atoms with E-state index in [0.717, 1.165) is 10.6 Å². The van der Waals surface area contributed by atoms with E-state index in [9.17, 15) is 17.6 Å². The Morgan fingerprint density at radius 2 is 1.62 bits per heavy atom. The van der Waals surface area contributed by atoms with Gasteiger partial charge in [0.15, 0.2) is 11.5 Å². The van der Waals surface area contributed by atoms with Gasteiger partial charge in [0.2, 0.25) is 15.9 Å². The molecule has 1 N–H and O–H groups in total. The molecule has 0 aliphatic rings. The lowest BCUT2D eigenvalue weighted by atomic mass is 10.1. The van der Waals surface area contributed by atoms with Gasteiger partial charge in [-0.1, -0.05) is 12.1 Å². The molecule has 2 atom stereocenters. The number of methoxy groups -OCH3 is 2. The fraction of sp³-hybridized carbons (Fsp3) is 0.350. The van der Waals surface area contributed by atoms with Crippen LogP contribution in [0.15, 0.2) is 42.5 Å². The lowest BCUT2D eigenvalue weighted by molar-refractivity contribution is -0.122. The van der Waals surface area contributed by atoms with Crippen LogP contribution >= 0.6 is 0 Å². The van der Waals surface area contributed by atoms with E-state index in [4.69, 9.17) is 9.47 Å². The maximum Gasteiger partial charge on any atom is 0.244 e. The summed E-state index contributed by atoms with van der Waals surface area (Å²) in [6, 6.07) is 8.85. The zero-order valence-corrected chi connectivity index (χ0v) is 17.8. The van der Waals surface area contributed by atoms with Gasteiger partial charge in [0.25, 0.3) is 0 Å². The second-order valence-electron chi connectivity index (χ2n) is 6.56. The first-order valence-corrected chi connectivity index (χ1v) is 10.7. The third kappa shape index (κ3) is 5.38. The summed E-state index contributed by atoms with van der Waals surface area (Å²) in [7, 11) is -0.878. The van der Waals surface area contributed by atoms with E-state index in [0.29, 0.717) is 17.1 Å². The Labute approximate surface area is 170 Å². The lowest BCUT2D eigenvalue weighted by Crippen LogP contribution is -2.48. The fourth-order valence-corrected chi connectivity index (χ4v) is 4.11. The average Bonchev–Trinajstić information content (AvgIpc) is 2.67. The number of amides is 1. The summed E-state index contributed by atoms with van der Waals surface area (Å²) in [4.78, 5) is 12.8. The number of halogens is 1. The Morgan fingerprint density at radius 1 is 1.03 bits per heavy atom. The van der Waals surface area contributed by atoms with Crippen LogP contribution in [0.2, 0.25) is 0 Å². The molecule has 0 aliphatic carbocycles. The van der Waals surface area contributed by atoms with Crippen molar-refractivity contribution < 1.29 is 27.1 Å². The monoisotopic (exact) mass is 424 g/mol. The van der Waals surface area contributed by atoms with Crippen molar-refractivity contribution in [2.45, 2.75) is 25.9 Å². The van der Waals surface area contributed by atoms with E-state index in [1.54, 1.807) is 25.1 Å². The van der Waals surface area contributed by atoms with Crippen LogP contribution in [-0.4, -0.2) is 40.8 Å². The molecule has 0 aliphatic heterocycles. The van der Waals surface area contributed by atoms with Crippen LogP contribution in [0.4, 0.5) is 10.1 Å². The molecular weight excluding hydrogens is 399 g/mol. The predicted molar refractivity (Wildman–Crippen MR) is 109 cm³/mol. The van der Waals surface area contributed by atoms with Gasteiger partial charge in [-0.25, -0.2) is 12.8 Å². The van der Waals surface area contributed by atoms with Crippen molar-refractivity contribution in [3.8, 4) is 11.5 Å². The largest absolute Gasteiger partial charge is 0.493 e. The van der Waals surface area contributed by atoms with Gasteiger partial charge < -0.3 is 14.8 Å². The standard InChI is InChI=1S/C20H25FN2O5S/c1-13(15-6-8-16(21)9-7-15)22-20(24)14(2)23(29(5,25)26)17-10-11-18(27-3)19(12-17)28-4/h6-14H,1-5H3,(H,22,24)/t13-,14+/m1/s1. The van der Waals surface area contributed by atoms with Gasteiger partial charge in [-0.15, -0.1) is 0 Å². The number of rotatable bonds is 8. The predicted octanol–water partition coefficient (Wildman–Crippen LogP) is 2.87. The minimum atomic E-state index is -3.79. The number of carbonyl (C=O) groups excluding carboxylic acids is 1. The number of anilines is 1. The third-order valence-corrected chi connectivity index (χ3v) is 5.68. The van der Waals surface area contributed by atoms with Crippen molar-refractivity contribution in [1.29, 1.82) is 0 Å². The van der Waals surface area contributed by atoms with Crippen molar-refractivity contribution in [3.63, 3.8) is 0 Å². The summed E-state index contributed by atoms with van der Waals surface area (Å²) in [6.45, 7) is 3.23. The third-order valence-electron chi connectivity index (χ3n) is 4.44. The Balaban J connectivity index is 2.30. The highest BCUT2D eigenvalue weighted by molar-refractivity contribution is 7.92. The van der Waals surface area contributed by atoms with Crippen LogP contribution in [0.3, 0.4) is 0 Å². The van der Waals surface area contributed by atoms with E-state index in [-0.39, 0.29) is 11.5 Å². The maximum absolute atomic E-state index is 13.1. The summed E-state index contributed by atoms with van der Waals surface area (Å²) >= 11 is 0. The summed E-state index contributed by atoms with van der Waals surface area (Å²) in [5.74, 6) is -0.0999. The normalized spacial score (nSPS) is 13.3. The van der Waals surface area contributed by atoms with Crippen LogP contribution in [-0.2, 0) is 14.8 Å². The fourth-order valence-electron chi connectivity index (χ4n) is 2.94. The van der Waals surface area contributed by atoms with Crippen LogP contribution < -0.4 is 19.1 Å². The molecule has 2 aromatic carbocycles. The van der Waals surface area contributed by atoms with Gasteiger partial charge in [-0.05, 0) is 43.7 Å². The number of ether oxygens (including phenoxy) is 2. The summed E-state index contributed by atoms with van der Waals surface area (Å²) < 4.78 is 49.4. The van der Waals surface area contributed by atoms with Gasteiger partial charge in [0, 0.05) is 6.07 Å². The van der Waals surface area contributed by atoms with Crippen LogP contribution in [0.1, 0.15) is 25.5 Å². The zero-order chi connectivity index (χ0) is 21.8. The molecule has 0 spiro atoms. The van der Waals surface area contributed by atoms with Gasteiger partial charge in [0.1, 0.15) is 11.9 Å². The van der Waals surface area contributed by atoms with E-state index >= 15 is 0 Å². The number of sulfonamides is 1. The van der Waals surface area contributed by atoms with Crippen LogP contribution in [0, 0.1) is 5.82 Å². The number of nitrogens with one attached hydrogen (secondary N) is 1.